The van der Waals surface area contributed by atoms with E-state index in [9.17, 15) is 4.79 Å². The molecule has 6 nitrogen and oxygen atoms in total. The van der Waals surface area contributed by atoms with Gasteiger partial charge in [0.05, 0.1) is 18.6 Å². The van der Waals surface area contributed by atoms with Crippen molar-refractivity contribution in [1.82, 2.24) is 15.1 Å². The van der Waals surface area contributed by atoms with Crippen LogP contribution in [0.25, 0.3) is 11.5 Å². The smallest absolute Gasteiger partial charge is 0.251 e. The lowest BCUT2D eigenvalue weighted by Gasteiger charge is -2.31. The van der Waals surface area contributed by atoms with Gasteiger partial charge in [0.25, 0.3) is 5.89 Å². The molecule has 0 radical (unpaired) electrons. The van der Waals surface area contributed by atoms with E-state index in [0.29, 0.717) is 30.0 Å². The quantitative estimate of drug-likeness (QED) is 0.864. The van der Waals surface area contributed by atoms with Crippen LogP contribution in [0.4, 0.5) is 0 Å². The molecule has 1 aromatic heterocycles. The predicted octanol–water partition coefficient (Wildman–Crippen LogP) is 2.86. The van der Waals surface area contributed by atoms with Crippen molar-refractivity contribution in [3.8, 4) is 17.2 Å². The molecule has 0 spiro atoms. The summed E-state index contributed by atoms with van der Waals surface area (Å²) in [6.45, 7) is 1.53. The number of ether oxygens (including phenoxy) is 1. The Hall–Kier alpha value is -2.37. The lowest BCUT2D eigenvalue weighted by atomic mass is 9.97. The zero-order valence-corrected chi connectivity index (χ0v) is 13.8. The van der Waals surface area contributed by atoms with Gasteiger partial charge in [0, 0.05) is 19.0 Å². The van der Waals surface area contributed by atoms with Crippen molar-refractivity contribution in [2.45, 2.75) is 31.6 Å². The molecule has 126 valence electrons. The standard InChI is InChI=1S/C18H21N3O3/c1-23-15-7-3-2-6-14(15)17-20-19-16(24-17)13-5-4-10-21(11-13)18(22)12-8-9-12/h2-3,6-7,12-13H,4-5,8-11H2,1H3. The van der Waals surface area contributed by atoms with Gasteiger partial charge in [-0.3, -0.25) is 4.79 Å². The number of para-hydroxylation sites is 1. The maximum atomic E-state index is 12.3. The van der Waals surface area contributed by atoms with Crippen LogP contribution in [0.5, 0.6) is 5.75 Å². The van der Waals surface area contributed by atoms with Crippen LogP contribution in [0, 0.1) is 5.92 Å². The number of hydrogen-bond donors (Lipinski definition) is 0. The molecule has 4 rings (SSSR count). The number of likely N-dealkylation sites (tertiary alicyclic amines) is 1. The minimum atomic E-state index is 0.123. The number of carbonyl (C=O) groups excluding carboxylic acids is 1. The van der Waals surface area contributed by atoms with Gasteiger partial charge in [0.1, 0.15) is 5.75 Å². The zero-order chi connectivity index (χ0) is 16.5. The lowest BCUT2D eigenvalue weighted by Crippen LogP contribution is -2.40. The van der Waals surface area contributed by atoms with E-state index in [-0.39, 0.29) is 11.8 Å². The molecule has 1 saturated heterocycles. The Morgan fingerprint density at radius 2 is 2.08 bits per heavy atom. The second kappa shape index (κ2) is 6.26. The van der Waals surface area contributed by atoms with E-state index in [1.54, 1.807) is 7.11 Å². The Balaban J connectivity index is 1.52. The van der Waals surface area contributed by atoms with E-state index >= 15 is 0 Å². The molecular formula is C18H21N3O3. The van der Waals surface area contributed by atoms with E-state index in [4.69, 9.17) is 9.15 Å². The number of hydrogen-bond acceptors (Lipinski definition) is 5. The van der Waals surface area contributed by atoms with Gasteiger partial charge in [-0.1, -0.05) is 12.1 Å². The van der Waals surface area contributed by atoms with Crippen LogP contribution in [0.15, 0.2) is 28.7 Å². The Kier molecular flexibility index (Phi) is 3.96. The molecule has 1 aromatic carbocycles. The molecule has 2 fully saturated rings. The lowest BCUT2D eigenvalue weighted by molar-refractivity contribution is -0.133. The first-order valence-electron chi connectivity index (χ1n) is 8.52. The van der Waals surface area contributed by atoms with Crippen molar-refractivity contribution in [3.05, 3.63) is 30.2 Å². The Bertz CT molecular complexity index is 739. The van der Waals surface area contributed by atoms with Gasteiger partial charge in [-0.25, -0.2) is 0 Å². The molecule has 6 heteroatoms. The third-order valence-electron chi connectivity index (χ3n) is 4.79. The van der Waals surface area contributed by atoms with Crippen LogP contribution in [0.3, 0.4) is 0 Å². The summed E-state index contributed by atoms with van der Waals surface area (Å²) in [4.78, 5) is 14.3. The maximum Gasteiger partial charge on any atom is 0.251 e. The Morgan fingerprint density at radius 3 is 2.88 bits per heavy atom. The highest BCUT2D eigenvalue weighted by atomic mass is 16.5. The second-order valence-corrected chi connectivity index (χ2v) is 6.54. The first-order chi connectivity index (χ1) is 11.8. The summed E-state index contributed by atoms with van der Waals surface area (Å²) in [5.41, 5.74) is 0.792. The number of carbonyl (C=O) groups is 1. The first-order valence-corrected chi connectivity index (χ1v) is 8.52. The summed E-state index contributed by atoms with van der Waals surface area (Å²) in [5.74, 6) is 2.47. The van der Waals surface area contributed by atoms with Crippen LogP contribution in [-0.2, 0) is 4.79 Å². The maximum absolute atomic E-state index is 12.3. The van der Waals surface area contributed by atoms with Gasteiger partial charge in [-0.05, 0) is 37.8 Å². The summed E-state index contributed by atoms with van der Waals surface area (Å²) in [5, 5.41) is 8.42. The van der Waals surface area contributed by atoms with Gasteiger partial charge in [0.15, 0.2) is 0 Å². The van der Waals surface area contributed by atoms with Crippen molar-refractivity contribution in [2.75, 3.05) is 20.2 Å². The molecule has 1 unspecified atom stereocenters. The van der Waals surface area contributed by atoms with Crippen molar-refractivity contribution in [3.63, 3.8) is 0 Å². The van der Waals surface area contributed by atoms with Crippen molar-refractivity contribution < 1.29 is 13.9 Å². The van der Waals surface area contributed by atoms with Crippen molar-refractivity contribution >= 4 is 5.91 Å². The molecule has 2 aliphatic rings. The van der Waals surface area contributed by atoms with Crippen LogP contribution in [0.1, 0.15) is 37.5 Å². The minimum absolute atomic E-state index is 0.123. The van der Waals surface area contributed by atoms with E-state index in [2.05, 4.69) is 10.2 Å². The SMILES string of the molecule is COc1ccccc1-c1nnc(C2CCCN(C(=O)C3CC3)C2)o1. The van der Waals surface area contributed by atoms with E-state index in [1.807, 2.05) is 29.2 Å². The highest BCUT2D eigenvalue weighted by Gasteiger charge is 2.36. The van der Waals surface area contributed by atoms with Gasteiger partial charge in [-0.15, -0.1) is 10.2 Å². The minimum Gasteiger partial charge on any atom is -0.496 e. The Morgan fingerprint density at radius 1 is 1.25 bits per heavy atom. The summed E-state index contributed by atoms with van der Waals surface area (Å²) in [7, 11) is 1.62. The number of benzene rings is 1. The predicted molar refractivity (Wildman–Crippen MR) is 87.6 cm³/mol. The molecule has 0 N–H and O–H groups in total. The normalized spacial score (nSPS) is 20.9. The summed E-state index contributed by atoms with van der Waals surface area (Å²) in [6.07, 6.45) is 4.04. The molecule has 1 saturated carbocycles. The average Bonchev–Trinajstić information content (AvgIpc) is 3.37. The third-order valence-corrected chi connectivity index (χ3v) is 4.79. The van der Waals surface area contributed by atoms with E-state index in [0.717, 1.165) is 37.8 Å². The third kappa shape index (κ3) is 2.88. The molecule has 1 aliphatic heterocycles. The molecule has 1 aliphatic carbocycles. The first kappa shape index (κ1) is 15.2. The molecule has 1 atom stereocenters. The van der Waals surface area contributed by atoms with Crippen LogP contribution < -0.4 is 4.74 Å². The van der Waals surface area contributed by atoms with Gasteiger partial charge >= 0.3 is 0 Å². The zero-order valence-electron chi connectivity index (χ0n) is 13.8. The van der Waals surface area contributed by atoms with Crippen molar-refractivity contribution in [1.29, 1.82) is 0 Å². The molecule has 2 aromatic rings. The van der Waals surface area contributed by atoms with Crippen LogP contribution >= 0.6 is 0 Å². The fourth-order valence-electron chi connectivity index (χ4n) is 3.30. The fraction of sp³-hybridized carbons (Fsp3) is 0.500. The highest BCUT2D eigenvalue weighted by molar-refractivity contribution is 5.81. The van der Waals surface area contributed by atoms with Crippen molar-refractivity contribution in [2.24, 2.45) is 5.92 Å². The fourth-order valence-corrected chi connectivity index (χ4v) is 3.30. The molecule has 24 heavy (non-hydrogen) atoms. The Labute approximate surface area is 140 Å². The van der Waals surface area contributed by atoms with E-state index in [1.165, 1.54) is 0 Å². The molecule has 2 heterocycles. The molecule has 0 bridgehead atoms. The van der Waals surface area contributed by atoms with Gasteiger partial charge in [0.2, 0.25) is 11.8 Å². The molecular weight excluding hydrogens is 306 g/mol. The number of nitrogens with zero attached hydrogens (tertiary/aromatic N) is 3. The van der Waals surface area contributed by atoms with Crippen LogP contribution in [-0.4, -0.2) is 41.2 Å². The molecule has 1 amide bonds. The number of piperidine rings is 1. The van der Waals surface area contributed by atoms with Gasteiger partial charge in [-0.2, -0.15) is 0 Å². The number of rotatable bonds is 4. The van der Waals surface area contributed by atoms with Crippen LogP contribution in [0.2, 0.25) is 0 Å². The summed E-state index contributed by atoms with van der Waals surface area (Å²) >= 11 is 0. The topological polar surface area (TPSA) is 68.5 Å². The largest absolute Gasteiger partial charge is 0.496 e. The van der Waals surface area contributed by atoms with Gasteiger partial charge < -0.3 is 14.1 Å². The number of aromatic nitrogens is 2. The highest BCUT2D eigenvalue weighted by Crippen LogP contribution is 2.35. The second-order valence-electron chi connectivity index (χ2n) is 6.54. The number of methoxy groups -OCH3 is 1. The monoisotopic (exact) mass is 327 g/mol. The summed E-state index contributed by atoms with van der Waals surface area (Å²) in [6, 6.07) is 7.59. The number of amides is 1. The average molecular weight is 327 g/mol. The van der Waals surface area contributed by atoms with E-state index < -0.39 is 0 Å². The summed E-state index contributed by atoms with van der Waals surface area (Å²) < 4.78 is 11.3.